The molecular weight excluding hydrogens is 232 g/mol. The molecule has 4 nitrogen and oxygen atoms in total. The summed E-state index contributed by atoms with van der Waals surface area (Å²) < 4.78 is 0. The zero-order valence-electron chi connectivity index (χ0n) is 11.0. The molecule has 0 aromatic carbocycles. The Morgan fingerprint density at radius 2 is 1.17 bits per heavy atom. The number of carbonyl (C=O) groups is 2. The highest BCUT2D eigenvalue weighted by atomic mass is 16.4. The van der Waals surface area contributed by atoms with Crippen LogP contribution >= 0.6 is 0 Å². The normalized spacial score (nSPS) is 44.1. The second-order valence-electron chi connectivity index (χ2n) is 6.06. The molecule has 2 aliphatic carbocycles. The molecule has 0 spiro atoms. The van der Waals surface area contributed by atoms with Gasteiger partial charge >= 0.3 is 11.9 Å². The molecule has 6 unspecified atom stereocenters. The van der Waals surface area contributed by atoms with Crippen LogP contribution in [0.4, 0.5) is 0 Å². The lowest BCUT2D eigenvalue weighted by atomic mass is 9.54. The minimum Gasteiger partial charge on any atom is -0.481 e. The largest absolute Gasteiger partial charge is 0.481 e. The molecule has 2 saturated carbocycles. The van der Waals surface area contributed by atoms with Crippen LogP contribution in [-0.2, 0) is 9.59 Å². The number of fused-ring (bicyclic) bond motifs is 1. The Balaban J connectivity index is 2.34. The van der Waals surface area contributed by atoms with Crippen LogP contribution in [0.1, 0.15) is 39.5 Å². The molecule has 2 fully saturated rings. The molecule has 0 aromatic heterocycles. The van der Waals surface area contributed by atoms with E-state index in [0.29, 0.717) is 0 Å². The van der Waals surface area contributed by atoms with Crippen molar-refractivity contribution in [2.24, 2.45) is 35.5 Å². The number of rotatable bonds is 2. The molecule has 2 N–H and O–H groups in total. The molecule has 0 radical (unpaired) electrons. The molecule has 4 heteroatoms. The van der Waals surface area contributed by atoms with Gasteiger partial charge in [0.05, 0.1) is 11.8 Å². The summed E-state index contributed by atoms with van der Waals surface area (Å²) >= 11 is 0. The van der Waals surface area contributed by atoms with Gasteiger partial charge in [0.15, 0.2) is 0 Å². The minimum atomic E-state index is -0.741. The van der Waals surface area contributed by atoms with Crippen molar-refractivity contribution in [1.82, 2.24) is 0 Å². The fourth-order valence-electron chi connectivity index (χ4n) is 4.33. The van der Waals surface area contributed by atoms with E-state index < -0.39 is 11.9 Å². The van der Waals surface area contributed by atoms with Crippen molar-refractivity contribution < 1.29 is 19.8 Å². The van der Waals surface area contributed by atoms with Crippen LogP contribution in [0.5, 0.6) is 0 Å². The van der Waals surface area contributed by atoms with Gasteiger partial charge in [0.2, 0.25) is 0 Å². The van der Waals surface area contributed by atoms with E-state index in [1.165, 1.54) is 0 Å². The van der Waals surface area contributed by atoms with Gasteiger partial charge in [-0.15, -0.1) is 0 Å². The summed E-state index contributed by atoms with van der Waals surface area (Å²) in [4.78, 5) is 23.0. The maximum Gasteiger partial charge on any atom is 0.307 e. The second-order valence-corrected chi connectivity index (χ2v) is 6.06. The lowest BCUT2D eigenvalue weighted by Gasteiger charge is -2.49. The van der Waals surface area contributed by atoms with Crippen LogP contribution < -0.4 is 0 Å². The summed E-state index contributed by atoms with van der Waals surface area (Å²) in [6.45, 7) is 3.81. The van der Waals surface area contributed by atoms with Crippen molar-refractivity contribution in [3.63, 3.8) is 0 Å². The Kier molecular flexibility index (Phi) is 3.64. The van der Waals surface area contributed by atoms with Crippen molar-refractivity contribution in [2.75, 3.05) is 0 Å². The summed E-state index contributed by atoms with van der Waals surface area (Å²) in [6, 6.07) is 0. The van der Waals surface area contributed by atoms with E-state index >= 15 is 0 Å². The van der Waals surface area contributed by atoms with Gasteiger partial charge in [-0.3, -0.25) is 9.59 Å². The third kappa shape index (κ3) is 2.02. The maximum absolute atomic E-state index is 11.5. The second kappa shape index (κ2) is 4.90. The average Bonchev–Trinajstić information content (AvgIpc) is 2.29. The molecule has 0 amide bonds. The molecule has 0 aliphatic heterocycles. The van der Waals surface area contributed by atoms with Crippen LogP contribution in [0.15, 0.2) is 0 Å². The Bertz CT molecular complexity index is 318. The molecule has 102 valence electrons. The van der Waals surface area contributed by atoms with Crippen LogP contribution in [0, 0.1) is 35.5 Å². The van der Waals surface area contributed by atoms with Crippen molar-refractivity contribution in [2.45, 2.75) is 39.5 Å². The Morgan fingerprint density at radius 1 is 0.833 bits per heavy atom. The van der Waals surface area contributed by atoms with E-state index in [1.807, 2.05) is 13.8 Å². The number of hydrogen-bond donors (Lipinski definition) is 2. The molecular formula is C14H22O4. The Labute approximate surface area is 107 Å². The topological polar surface area (TPSA) is 74.6 Å². The van der Waals surface area contributed by atoms with Gasteiger partial charge < -0.3 is 10.2 Å². The van der Waals surface area contributed by atoms with Crippen molar-refractivity contribution in [3.05, 3.63) is 0 Å². The van der Waals surface area contributed by atoms with E-state index in [-0.39, 0.29) is 35.5 Å². The fraction of sp³-hybridized carbons (Fsp3) is 0.857. The van der Waals surface area contributed by atoms with Crippen LogP contribution in [-0.4, -0.2) is 22.2 Å². The first kappa shape index (κ1) is 13.4. The van der Waals surface area contributed by atoms with E-state index in [4.69, 9.17) is 0 Å². The minimum absolute atomic E-state index is 0.0528. The van der Waals surface area contributed by atoms with Crippen LogP contribution in [0.25, 0.3) is 0 Å². The monoisotopic (exact) mass is 254 g/mol. The summed E-state index contributed by atoms with van der Waals surface area (Å²) in [5.41, 5.74) is 0. The van der Waals surface area contributed by atoms with E-state index in [2.05, 4.69) is 0 Å². The third-order valence-electron chi connectivity index (χ3n) is 5.33. The van der Waals surface area contributed by atoms with Crippen molar-refractivity contribution >= 4 is 11.9 Å². The van der Waals surface area contributed by atoms with E-state index in [1.54, 1.807) is 0 Å². The third-order valence-corrected chi connectivity index (χ3v) is 5.33. The quantitative estimate of drug-likeness (QED) is 0.794. The van der Waals surface area contributed by atoms with Crippen molar-refractivity contribution in [1.29, 1.82) is 0 Å². The van der Waals surface area contributed by atoms with Crippen molar-refractivity contribution in [3.8, 4) is 0 Å². The van der Waals surface area contributed by atoms with Gasteiger partial charge in [-0.1, -0.05) is 26.7 Å². The van der Waals surface area contributed by atoms with Crippen LogP contribution in [0.2, 0.25) is 0 Å². The lowest BCUT2D eigenvalue weighted by molar-refractivity contribution is -0.165. The molecule has 6 atom stereocenters. The smallest absolute Gasteiger partial charge is 0.307 e. The lowest BCUT2D eigenvalue weighted by Crippen LogP contribution is -2.51. The molecule has 0 bridgehead atoms. The molecule has 2 aliphatic rings. The molecule has 0 heterocycles. The SMILES string of the molecule is CC1C(C)C(C(=O)O)C2CCCCC2C1C(=O)O. The predicted molar refractivity (Wildman–Crippen MR) is 66.0 cm³/mol. The van der Waals surface area contributed by atoms with Gasteiger partial charge in [-0.2, -0.15) is 0 Å². The van der Waals surface area contributed by atoms with Gasteiger partial charge in [0, 0.05) is 0 Å². The highest BCUT2D eigenvalue weighted by Crippen LogP contribution is 2.51. The zero-order chi connectivity index (χ0) is 13.4. The van der Waals surface area contributed by atoms with Gasteiger partial charge in [-0.25, -0.2) is 0 Å². The molecule has 18 heavy (non-hydrogen) atoms. The van der Waals surface area contributed by atoms with Gasteiger partial charge in [-0.05, 0) is 36.5 Å². The highest BCUT2D eigenvalue weighted by Gasteiger charge is 2.52. The first-order valence-corrected chi connectivity index (χ1v) is 6.90. The first-order valence-electron chi connectivity index (χ1n) is 6.90. The zero-order valence-corrected chi connectivity index (χ0v) is 11.0. The van der Waals surface area contributed by atoms with Crippen LogP contribution in [0.3, 0.4) is 0 Å². The number of carboxylic acids is 2. The summed E-state index contributed by atoms with van der Waals surface area (Å²) in [6.07, 6.45) is 3.84. The Hall–Kier alpha value is -1.06. The number of hydrogen-bond acceptors (Lipinski definition) is 2. The fourth-order valence-corrected chi connectivity index (χ4v) is 4.33. The maximum atomic E-state index is 11.5. The average molecular weight is 254 g/mol. The summed E-state index contributed by atoms with van der Waals surface area (Å²) in [5.74, 6) is -2.19. The van der Waals surface area contributed by atoms with Gasteiger partial charge in [0.1, 0.15) is 0 Å². The highest BCUT2D eigenvalue weighted by molar-refractivity contribution is 5.74. The van der Waals surface area contributed by atoms with Gasteiger partial charge in [0.25, 0.3) is 0 Å². The van der Waals surface area contributed by atoms with E-state index in [9.17, 15) is 19.8 Å². The number of aliphatic carboxylic acids is 2. The predicted octanol–water partition coefficient (Wildman–Crippen LogP) is 2.48. The number of carboxylic acid groups (broad SMARTS) is 2. The molecule has 0 saturated heterocycles. The van der Waals surface area contributed by atoms with E-state index in [0.717, 1.165) is 25.7 Å². The Morgan fingerprint density at radius 3 is 1.44 bits per heavy atom. The standard InChI is InChI=1S/C14H22O4/c1-7-8(2)12(14(17)18)10-6-4-3-5-9(10)11(7)13(15)16/h7-12H,3-6H2,1-2H3,(H,15,16)(H,17,18). The molecule has 0 aromatic rings. The molecule has 2 rings (SSSR count). The summed E-state index contributed by atoms with van der Waals surface area (Å²) in [5, 5.41) is 18.9. The first-order chi connectivity index (χ1) is 8.45. The summed E-state index contributed by atoms with van der Waals surface area (Å²) in [7, 11) is 0.